The maximum Gasteiger partial charge on any atom is 0.160 e. The molecule has 2 saturated carbocycles. The molecule has 1 aromatic carbocycles. The third-order valence-electron chi connectivity index (χ3n) is 7.94. The SMILES string of the molecule is CC1=CC(=O)[C@H]2[C@H](C[C@H](O)[C@H]3C(C)(C)CCC[C@]23C)c2cc(C)c(O)cc21. The summed E-state index contributed by atoms with van der Waals surface area (Å²) in [5, 5.41) is 21.5. The average Bonchev–Trinajstić information content (AvgIpc) is 2.63. The summed E-state index contributed by atoms with van der Waals surface area (Å²) in [6, 6.07) is 3.85. The van der Waals surface area contributed by atoms with Gasteiger partial charge in [0.15, 0.2) is 5.78 Å². The highest BCUT2D eigenvalue weighted by Gasteiger charge is 2.60. The van der Waals surface area contributed by atoms with Gasteiger partial charge in [0.25, 0.3) is 0 Å². The summed E-state index contributed by atoms with van der Waals surface area (Å²) in [5.41, 5.74) is 3.67. The molecule has 0 aromatic heterocycles. The van der Waals surface area contributed by atoms with Crippen LogP contribution in [0, 0.1) is 29.6 Å². The smallest absolute Gasteiger partial charge is 0.160 e. The molecule has 0 heterocycles. The molecule has 0 unspecified atom stereocenters. The van der Waals surface area contributed by atoms with E-state index < -0.39 is 6.10 Å². The number of aliphatic hydroxyl groups excluding tert-OH is 1. The third kappa shape index (κ3) is 2.61. The molecule has 3 nitrogen and oxygen atoms in total. The van der Waals surface area contributed by atoms with Gasteiger partial charge in [-0.1, -0.05) is 33.3 Å². The fourth-order valence-corrected chi connectivity index (χ4v) is 7.01. The van der Waals surface area contributed by atoms with E-state index in [1.165, 1.54) is 0 Å². The van der Waals surface area contributed by atoms with Gasteiger partial charge in [0.2, 0.25) is 0 Å². The topological polar surface area (TPSA) is 57.5 Å². The van der Waals surface area contributed by atoms with Gasteiger partial charge < -0.3 is 10.2 Å². The van der Waals surface area contributed by atoms with Crippen LogP contribution < -0.4 is 0 Å². The number of rotatable bonds is 0. The molecule has 4 rings (SSSR count). The zero-order valence-corrected chi connectivity index (χ0v) is 17.2. The van der Waals surface area contributed by atoms with Crippen LogP contribution in [0.3, 0.4) is 0 Å². The molecule has 0 spiro atoms. The van der Waals surface area contributed by atoms with Crippen LogP contribution in [0.5, 0.6) is 5.75 Å². The van der Waals surface area contributed by atoms with Crippen molar-refractivity contribution in [3.05, 3.63) is 34.9 Å². The van der Waals surface area contributed by atoms with E-state index >= 15 is 0 Å². The second kappa shape index (κ2) is 5.94. The van der Waals surface area contributed by atoms with E-state index in [2.05, 4.69) is 20.8 Å². The Hall–Kier alpha value is -1.61. The molecule has 3 aliphatic rings. The molecule has 27 heavy (non-hydrogen) atoms. The van der Waals surface area contributed by atoms with Crippen LogP contribution in [0.25, 0.3) is 5.57 Å². The highest BCUT2D eigenvalue weighted by Crippen LogP contribution is 2.64. The van der Waals surface area contributed by atoms with Crippen LogP contribution in [-0.2, 0) is 4.79 Å². The number of aliphatic hydroxyl groups is 1. The van der Waals surface area contributed by atoms with E-state index in [1.54, 1.807) is 12.1 Å². The maximum absolute atomic E-state index is 13.5. The number of fused-ring (bicyclic) bond motifs is 5. The number of hydrogen-bond acceptors (Lipinski definition) is 3. The Labute approximate surface area is 162 Å². The largest absolute Gasteiger partial charge is 0.508 e. The Morgan fingerprint density at radius 3 is 2.52 bits per heavy atom. The van der Waals surface area contributed by atoms with Gasteiger partial charge >= 0.3 is 0 Å². The summed E-state index contributed by atoms with van der Waals surface area (Å²) < 4.78 is 0. The van der Waals surface area contributed by atoms with E-state index in [4.69, 9.17) is 0 Å². The summed E-state index contributed by atoms with van der Waals surface area (Å²) in [6.07, 6.45) is 5.21. The van der Waals surface area contributed by atoms with Crippen molar-refractivity contribution in [1.82, 2.24) is 0 Å². The first-order chi connectivity index (χ1) is 12.6. The van der Waals surface area contributed by atoms with Crippen molar-refractivity contribution in [2.45, 2.75) is 72.3 Å². The fourth-order valence-electron chi connectivity index (χ4n) is 7.01. The quantitative estimate of drug-likeness (QED) is 0.679. The minimum atomic E-state index is -0.403. The molecule has 1 aromatic rings. The molecule has 146 valence electrons. The lowest BCUT2D eigenvalue weighted by atomic mass is 9.44. The second-order valence-corrected chi connectivity index (χ2v) is 10.2. The summed E-state index contributed by atoms with van der Waals surface area (Å²) >= 11 is 0. The zero-order valence-electron chi connectivity index (χ0n) is 17.2. The van der Waals surface area contributed by atoms with Crippen LogP contribution in [0.1, 0.15) is 76.0 Å². The maximum atomic E-state index is 13.5. The van der Waals surface area contributed by atoms with Crippen molar-refractivity contribution >= 4 is 11.4 Å². The summed E-state index contributed by atoms with van der Waals surface area (Å²) in [6.45, 7) is 10.6. The van der Waals surface area contributed by atoms with Gasteiger partial charge in [0, 0.05) is 5.92 Å². The van der Waals surface area contributed by atoms with Crippen molar-refractivity contribution < 1.29 is 15.0 Å². The second-order valence-electron chi connectivity index (χ2n) is 10.2. The monoisotopic (exact) mass is 368 g/mol. The minimum Gasteiger partial charge on any atom is -0.508 e. The molecule has 0 radical (unpaired) electrons. The zero-order chi connectivity index (χ0) is 19.7. The molecule has 5 atom stereocenters. The predicted molar refractivity (Wildman–Crippen MR) is 108 cm³/mol. The summed E-state index contributed by atoms with van der Waals surface area (Å²) in [5.74, 6) is 0.503. The van der Waals surface area contributed by atoms with Crippen molar-refractivity contribution in [2.75, 3.05) is 0 Å². The third-order valence-corrected chi connectivity index (χ3v) is 7.94. The lowest BCUT2D eigenvalue weighted by Crippen LogP contribution is -2.58. The predicted octanol–water partition coefficient (Wildman–Crippen LogP) is 4.98. The molecule has 0 bridgehead atoms. The van der Waals surface area contributed by atoms with E-state index in [0.717, 1.165) is 41.5 Å². The van der Waals surface area contributed by atoms with Crippen LogP contribution >= 0.6 is 0 Å². The molecular weight excluding hydrogens is 336 g/mol. The van der Waals surface area contributed by atoms with Gasteiger partial charge in [0.05, 0.1) is 6.10 Å². The number of hydrogen-bond donors (Lipinski definition) is 2. The highest BCUT2D eigenvalue weighted by molar-refractivity contribution is 6.01. The molecule has 0 aliphatic heterocycles. The van der Waals surface area contributed by atoms with Gasteiger partial charge in [-0.05, 0) is 90.2 Å². The Balaban J connectivity index is 1.93. The van der Waals surface area contributed by atoms with E-state index in [1.807, 2.05) is 19.9 Å². The number of ketones is 1. The van der Waals surface area contributed by atoms with Gasteiger partial charge in [-0.2, -0.15) is 0 Å². The number of benzene rings is 1. The Bertz CT molecular complexity index is 834. The average molecular weight is 369 g/mol. The van der Waals surface area contributed by atoms with Crippen LogP contribution in [0.15, 0.2) is 18.2 Å². The van der Waals surface area contributed by atoms with Gasteiger partial charge in [-0.25, -0.2) is 0 Å². The molecule has 0 amide bonds. The number of phenols is 1. The normalized spacial score (nSPS) is 37.6. The van der Waals surface area contributed by atoms with Crippen molar-refractivity contribution in [1.29, 1.82) is 0 Å². The van der Waals surface area contributed by atoms with E-state index in [0.29, 0.717) is 6.42 Å². The highest BCUT2D eigenvalue weighted by atomic mass is 16.3. The lowest BCUT2D eigenvalue weighted by molar-refractivity contribution is -0.159. The van der Waals surface area contributed by atoms with Gasteiger partial charge in [0.1, 0.15) is 5.75 Å². The molecule has 3 aliphatic carbocycles. The lowest BCUT2D eigenvalue weighted by Gasteiger charge is -2.60. The summed E-state index contributed by atoms with van der Waals surface area (Å²) in [4.78, 5) is 13.5. The molecule has 2 fully saturated rings. The molecular formula is C24H32O3. The van der Waals surface area contributed by atoms with Crippen molar-refractivity contribution in [3.8, 4) is 5.75 Å². The number of aryl methyl sites for hydroxylation is 1. The number of carbonyl (C=O) groups is 1. The van der Waals surface area contributed by atoms with Gasteiger partial charge in [-0.15, -0.1) is 0 Å². The van der Waals surface area contributed by atoms with E-state index in [9.17, 15) is 15.0 Å². The van der Waals surface area contributed by atoms with E-state index in [-0.39, 0.29) is 40.1 Å². The Kier molecular flexibility index (Phi) is 4.12. The standard InChI is InChI=1S/C24H32O3/c1-13-10-19(26)21-17(16-9-14(2)18(25)11-15(13)16)12-20(27)22-23(3,4)7-6-8-24(21,22)5/h9-11,17,20-22,25,27H,6-8,12H2,1-5H3/t17-,20+,21-,22+,24-/m1/s1. The van der Waals surface area contributed by atoms with Crippen LogP contribution in [-0.4, -0.2) is 22.1 Å². The van der Waals surface area contributed by atoms with Crippen LogP contribution in [0.2, 0.25) is 0 Å². The first-order valence-corrected chi connectivity index (χ1v) is 10.3. The first-order valence-electron chi connectivity index (χ1n) is 10.3. The fraction of sp³-hybridized carbons (Fsp3) is 0.625. The number of phenolic OH excluding ortho intramolecular Hbond substituents is 1. The van der Waals surface area contributed by atoms with Crippen LogP contribution in [0.4, 0.5) is 0 Å². The summed E-state index contributed by atoms with van der Waals surface area (Å²) in [7, 11) is 0. The van der Waals surface area contributed by atoms with Crippen molar-refractivity contribution in [3.63, 3.8) is 0 Å². The number of allylic oxidation sites excluding steroid dienone is 2. The van der Waals surface area contributed by atoms with Crippen molar-refractivity contribution in [2.24, 2.45) is 22.7 Å². The first kappa shape index (κ1) is 18.7. The number of aromatic hydroxyl groups is 1. The Morgan fingerprint density at radius 1 is 1.11 bits per heavy atom. The Morgan fingerprint density at radius 2 is 1.81 bits per heavy atom. The molecule has 2 N–H and O–H groups in total. The molecule has 3 heteroatoms. The molecule has 0 saturated heterocycles. The number of carbonyl (C=O) groups excluding carboxylic acids is 1. The van der Waals surface area contributed by atoms with Gasteiger partial charge in [-0.3, -0.25) is 4.79 Å². The minimum absolute atomic E-state index is 0.00523.